The van der Waals surface area contributed by atoms with Crippen molar-refractivity contribution in [2.45, 2.75) is 20.0 Å². The molecule has 0 fully saturated rings. The quantitative estimate of drug-likeness (QED) is 0.709. The van der Waals surface area contributed by atoms with Gasteiger partial charge in [-0.1, -0.05) is 19.9 Å². The molecule has 0 radical (unpaired) electrons. The smallest absolute Gasteiger partial charge is 0.128 e. The lowest BCUT2D eigenvalue weighted by Crippen LogP contribution is -2.22. The predicted molar refractivity (Wildman–Crippen MR) is 71.7 cm³/mol. The van der Waals surface area contributed by atoms with Crippen molar-refractivity contribution in [3.8, 4) is 5.75 Å². The summed E-state index contributed by atoms with van der Waals surface area (Å²) in [6.07, 6.45) is 4.63. The van der Waals surface area contributed by atoms with Crippen molar-refractivity contribution < 1.29 is 4.74 Å². The fraction of sp³-hybridized carbons (Fsp3) is 0.286. The van der Waals surface area contributed by atoms with Gasteiger partial charge in [-0.15, -0.1) is 8.19 Å². The molecule has 1 aromatic carbocycles. The van der Waals surface area contributed by atoms with Crippen LogP contribution >= 0.6 is 8.19 Å². The molecule has 2 heteroatoms. The fourth-order valence-electron chi connectivity index (χ4n) is 2.15. The first kappa shape index (κ1) is 9.99. The summed E-state index contributed by atoms with van der Waals surface area (Å²) in [5, 5.41) is 2.80. The Kier molecular flexibility index (Phi) is 2.29. The second-order valence-corrected chi connectivity index (χ2v) is 5.76. The number of hydrogen-bond acceptors (Lipinski definition) is 1. The van der Waals surface area contributed by atoms with E-state index in [0.717, 1.165) is 13.9 Å². The van der Waals surface area contributed by atoms with Crippen LogP contribution in [0.3, 0.4) is 0 Å². The standard InChI is InChI=1S/C14H15OP/c1-9(2)12-4-3-10-11-7-8-16-14(11)6-5-13(10)15-12/h3-9,12,16H,1-2H3. The van der Waals surface area contributed by atoms with Crippen LogP contribution in [0, 0.1) is 5.92 Å². The maximum atomic E-state index is 6.00. The molecular formula is C14H15OP. The lowest BCUT2D eigenvalue weighted by atomic mass is 10.0. The van der Waals surface area contributed by atoms with Crippen molar-refractivity contribution in [2.75, 3.05) is 0 Å². The van der Waals surface area contributed by atoms with Crippen LogP contribution in [0.15, 0.2) is 30.1 Å². The first-order valence-electron chi connectivity index (χ1n) is 5.70. The minimum absolute atomic E-state index is 0.221. The van der Waals surface area contributed by atoms with Crippen LogP contribution in [-0.2, 0) is 0 Å². The maximum absolute atomic E-state index is 6.00. The van der Waals surface area contributed by atoms with Crippen molar-refractivity contribution in [1.29, 1.82) is 0 Å². The van der Waals surface area contributed by atoms with E-state index in [1.807, 2.05) is 0 Å². The Balaban J connectivity index is 2.13. The molecule has 3 rings (SSSR count). The molecule has 0 aliphatic carbocycles. The lowest BCUT2D eigenvalue weighted by Gasteiger charge is -2.24. The molecule has 2 unspecified atom stereocenters. The van der Waals surface area contributed by atoms with Crippen molar-refractivity contribution in [1.82, 2.24) is 0 Å². The molecule has 0 N–H and O–H groups in total. The van der Waals surface area contributed by atoms with Gasteiger partial charge in [0.25, 0.3) is 0 Å². The van der Waals surface area contributed by atoms with Crippen molar-refractivity contribution in [2.24, 2.45) is 5.92 Å². The van der Waals surface area contributed by atoms with Crippen molar-refractivity contribution >= 4 is 24.8 Å². The summed E-state index contributed by atoms with van der Waals surface area (Å²) in [5.41, 5.74) is 1.26. The van der Waals surface area contributed by atoms with Gasteiger partial charge in [-0.25, -0.2) is 0 Å². The van der Waals surface area contributed by atoms with Gasteiger partial charge in [0, 0.05) is 5.56 Å². The van der Waals surface area contributed by atoms with E-state index in [-0.39, 0.29) is 6.10 Å². The van der Waals surface area contributed by atoms with Gasteiger partial charge in [0.2, 0.25) is 0 Å². The Labute approximate surface area is 97.2 Å². The van der Waals surface area contributed by atoms with Gasteiger partial charge < -0.3 is 4.74 Å². The molecule has 16 heavy (non-hydrogen) atoms. The van der Waals surface area contributed by atoms with E-state index in [2.05, 4.69) is 50.0 Å². The second-order valence-electron chi connectivity index (χ2n) is 4.60. The van der Waals surface area contributed by atoms with E-state index in [4.69, 9.17) is 4.74 Å². The first-order chi connectivity index (χ1) is 7.75. The van der Waals surface area contributed by atoms with E-state index in [0.29, 0.717) is 5.92 Å². The van der Waals surface area contributed by atoms with E-state index >= 15 is 0 Å². The molecule has 2 atom stereocenters. The molecule has 1 aromatic heterocycles. The fourth-order valence-corrected chi connectivity index (χ4v) is 3.13. The Bertz CT molecular complexity index is 551. The molecule has 2 aromatic rings. The third kappa shape index (κ3) is 1.47. The Morgan fingerprint density at radius 3 is 2.94 bits per heavy atom. The highest BCUT2D eigenvalue weighted by Gasteiger charge is 2.18. The summed E-state index contributed by atoms with van der Waals surface area (Å²) in [5.74, 6) is 3.80. The van der Waals surface area contributed by atoms with Crippen LogP contribution in [0.1, 0.15) is 19.4 Å². The highest BCUT2D eigenvalue weighted by molar-refractivity contribution is 7.36. The first-order valence-corrected chi connectivity index (χ1v) is 6.78. The third-order valence-corrected chi connectivity index (χ3v) is 4.19. The molecular weight excluding hydrogens is 215 g/mol. The molecule has 0 amide bonds. The lowest BCUT2D eigenvalue weighted by molar-refractivity contribution is 0.195. The van der Waals surface area contributed by atoms with Gasteiger partial charge in [-0.3, -0.25) is 0 Å². The molecule has 2 heterocycles. The number of benzene rings is 1. The van der Waals surface area contributed by atoms with E-state index in [1.54, 1.807) is 0 Å². The Morgan fingerprint density at radius 1 is 1.25 bits per heavy atom. The minimum Gasteiger partial charge on any atom is -0.485 e. The zero-order valence-electron chi connectivity index (χ0n) is 9.53. The van der Waals surface area contributed by atoms with E-state index in [1.165, 1.54) is 16.1 Å². The summed E-state index contributed by atoms with van der Waals surface area (Å²) in [6, 6.07) is 6.53. The molecule has 1 aliphatic rings. The summed E-state index contributed by atoms with van der Waals surface area (Å²) in [4.78, 5) is 0. The average Bonchev–Trinajstić information content (AvgIpc) is 2.76. The van der Waals surface area contributed by atoms with Gasteiger partial charge in [0.15, 0.2) is 0 Å². The monoisotopic (exact) mass is 230 g/mol. The zero-order valence-corrected chi connectivity index (χ0v) is 10.5. The minimum atomic E-state index is 0.221. The number of ether oxygens (including phenoxy) is 1. The molecule has 0 saturated carbocycles. The van der Waals surface area contributed by atoms with E-state index in [9.17, 15) is 0 Å². The number of hydrogen-bond donors (Lipinski definition) is 0. The highest BCUT2D eigenvalue weighted by Crippen LogP contribution is 2.37. The van der Waals surface area contributed by atoms with Crippen molar-refractivity contribution in [3.63, 3.8) is 0 Å². The van der Waals surface area contributed by atoms with E-state index < -0.39 is 0 Å². The summed E-state index contributed by atoms with van der Waals surface area (Å²) in [6.45, 7) is 4.38. The van der Waals surface area contributed by atoms with Gasteiger partial charge in [-0.2, -0.15) is 0 Å². The van der Waals surface area contributed by atoms with Gasteiger partial charge >= 0.3 is 0 Å². The average molecular weight is 230 g/mol. The Hall–Kier alpha value is -1.20. The highest BCUT2D eigenvalue weighted by atomic mass is 31.0. The molecule has 0 spiro atoms. The SMILES string of the molecule is CC(C)C1C=Cc2c(ccc3[pH]ccc23)O1. The third-order valence-electron chi connectivity index (χ3n) is 3.11. The molecule has 1 aliphatic heterocycles. The largest absolute Gasteiger partial charge is 0.485 e. The van der Waals surface area contributed by atoms with Gasteiger partial charge in [0.1, 0.15) is 11.9 Å². The Morgan fingerprint density at radius 2 is 2.12 bits per heavy atom. The topological polar surface area (TPSA) is 9.23 Å². The predicted octanol–water partition coefficient (Wildman–Crippen LogP) is 4.30. The van der Waals surface area contributed by atoms with Crippen molar-refractivity contribution in [3.05, 3.63) is 35.6 Å². The van der Waals surface area contributed by atoms with Gasteiger partial charge in [0.05, 0.1) is 0 Å². The molecule has 82 valence electrons. The van der Waals surface area contributed by atoms with Crippen LogP contribution in [-0.4, -0.2) is 6.10 Å². The van der Waals surface area contributed by atoms with Crippen LogP contribution in [0.2, 0.25) is 0 Å². The molecule has 1 nitrogen and oxygen atoms in total. The van der Waals surface area contributed by atoms with Crippen LogP contribution in [0.4, 0.5) is 0 Å². The number of rotatable bonds is 1. The summed E-state index contributed by atoms with van der Waals surface area (Å²) >= 11 is 0. The second kappa shape index (κ2) is 3.68. The molecule has 0 saturated heterocycles. The summed E-state index contributed by atoms with van der Waals surface area (Å²) in [7, 11) is 0.820. The van der Waals surface area contributed by atoms with Crippen LogP contribution in [0.5, 0.6) is 5.75 Å². The zero-order chi connectivity index (χ0) is 11.1. The maximum Gasteiger partial charge on any atom is 0.128 e. The van der Waals surface area contributed by atoms with Crippen LogP contribution < -0.4 is 4.74 Å². The molecule has 0 bridgehead atoms. The normalized spacial score (nSPS) is 19.3. The van der Waals surface area contributed by atoms with Crippen LogP contribution in [0.25, 0.3) is 16.6 Å². The van der Waals surface area contributed by atoms with Gasteiger partial charge in [-0.05, 0) is 46.5 Å². The summed E-state index contributed by atoms with van der Waals surface area (Å²) < 4.78 is 6.00. The number of fused-ring (bicyclic) bond motifs is 3.